The predicted molar refractivity (Wildman–Crippen MR) is 89.5 cm³/mol. The topological polar surface area (TPSA) is 143 Å². The molecule has 3 aliphatic heterocycles. The number of hydrogen-bond acceptors (Lipinski definition) is 9. The molecule has 10 unspecified atom stereocenters. The van der Waals surface area contributed by atoms with Crippen molar-refractivity contribution in [2.45, 2.75) is 68.9 Å². The van der Waals surface area contributed by atoms with E-state index in [9.17, 15) is 30.0 Å². The monoisotopic (exact) mass is 396 g/mol. The van der Waals surface area contributed by atoms with Crippen molar-refractivity contribution in [2.75, 3.05) is 6.61 Å². The number of rotatable bonds is 1. The van der Waals surface area contributed by atoms with E-state index in [0.717, 1.165) is 0 Å². The molecular weight excluding hydrogens is 372 g/mol. The third-order valence-corrected chi connectivity index (χ3v) is 8.22. The van der Waals surface area contributed by atoms with Gasteiger partial charge in [0.15, 0.2) is 12.2 Å². The zero-order valence-electron chi connectivity index (χ0n) is 15.8. The molecule has 9 nitrogen and oxygen atoms in total. The fourth-order valence-electron chi connectivity index (χ4n) is 7.14. The molecule has 154 valence electrons. The fourth-order valence-corrected chi connectivity index (χ4v) is 7.14. The van der Waals surface area contributed by atoms with Gasteiger partial charge in [0.2, 0.25) is 0 Å². The summed E-state index contributed by atoms with van der Waals surface area (Å²) in [6, 6.07) is 0. The second kappa shape index (κ2) is 4.96. The maximum absolute atomic E-state index is 12.3. The average molecular weight is 396 g/mol. The lowest BCUT2D eigenvalue weighted by molar-refractivity contribution is -0.325. The summed E-state index contributed by atoms with van der Waals surface area (Å²) in [5.41, 5.74) is -5.61. The number of esters is 2. The summed E-state index contributed by atoms with van der Waals surface area (Å²) in [5.74, 6) is -2.43. The summed E-state index contributed by atoms with van der Waals surface area (Å²) in [7, 11) is 0. The lowest BCUT2D eigenvalue weighted by atomic mass is 9.47. The summed E-state index contributed by atoms with van der Waals surface area (Å²) in [4.78, 5) is 24.1. The van der Waals surface area contributed by atoms with Gasteiger partial charge in [0.1, 0.15) is 17.3 Å². The van der Waals surface area contributed by atoms with Crippen LogP contribution in [0.25, 0.3) is 0 Å². The molecule has 4 bridgehead atoms. The molecule has 9 heteroatoms. The Balaban J connectivity index is 1.73. The SMILES string of the molecule is CC1=CC(=O)OC1C1(C)CC(O)C23COC4(C)C(OC(=O)C(O)C42O)C(O)C13. The number of cyclic esters (lactones) is 1. The van der Waals surface area contributed by atoms with E-state index in [4.69, 9.17) is 14.2 Å². The molecule has 2 saturated carbocycles. The van der Waals surface area contributed by atoms with Gasteiger partial charge in [0.25, 0.3) is 0 Å². The highest BCUT2D eigenvalue weighted by atomic mass is 16.6. The molecule has 28 heavy (non-hydrogen) atoms. The Morgan fingerprint density at radius 2 is 1.82 bits per heavy atom. The van der Waals surface area contributed by atoms with E-state index < -0.39 is 70.4 Å². The van der Waals surface area contributed by atoms with Crippen molar-refractivity contribution in [3.05, 3.63) is 11.6 Å². The molecule has 5 rings (SSSR count). The standard InChI is InChI=1S/C19H24O9/c1-7-4-9(21)27-13(7)16(2)5-8(20)18-6-26-17(3)14(10(22)11(16)18)28-15(24)12(23)19(17,18)25/h4,8,10-14,20,22-23,25H,5-6H2,1-3H3. The van der Waals surface area contributed by atoms with Crippen LogP contribution in [-0.4, -0.2) is 80.7 Å². The lowest BCUT2D eigenvalue weighted by Crippen LogP contribution is -2.83. The van der Waals surface area contributed by atoms with Gasteiger partial charge in [0.05, 0.1) is 24.2 Å². The minimum absolute atomic E-state index is 0.0766. The number of aliphatic hydroxyl groups excluding tert-OH is 3. The molecule has 0 amide bonds. The first kappa shape index (κ1) is 18.5. The van der Waals surface area contributed by atoms with Crippen LogP contribution in [0.5, 0.6) is 0 Å². The molecular formula is C19H24O9. The van der Waals surface area contributed by atoms with Crippen molar-refractivity contribution < 1.29 is 44.2 Å². The molecule has 0 aromatic carbocycles. The van der Waals surface area contributed by atoms with Crippen LogP contribution >= 0.6 is 0 Å². The van der Waals surface area contributed by atoms with E-state index in [0.29, 0.717) is 5.57 Å². The molecule has 4 fully saturated rings. The van der Waals surface area contributed by atoms with Gasteiger partial charge in [-0.15, -0.1) is 0 Å². The quantitative estimate of drug-likeness (QED) is 0.386. The van der Waals surface area contributed by atoms with Gasteiger partial charge in [-0.3, -0.25) is 0 Å². The first-order valence-corrected chi connectivity index (χ1v) is 9.45. The molecule has 0 aromatic heterocycles. The largest absolute Gasteiger partial charge is 0.454 e. The third-order valence-electron chi connectivity index (χ3n) is 8.22. The van der Waals surface area contributed by atoms with Crippen LogP contribution in [-0.2, 0) is 23.8 Å². The molecule has 10 atom stereocenters. The van der Waals surface area contributed by atoms with Gasteiger partial charge in [-0.05, 0) is 25.8 Å². The van der Waals surface area contributed by atoms with Gasteiger partial charge >= 0.3 is 11.9 Å². The van der Waals surface area contributed by atoms with E-state index in [1.165, 1.54) is 13.0 Å². The highest BCUT2D eigenvalue weighted by Gasteiger charge is 2.89. The molecule has 5 aliphatic rings. The van der Waals surface area contributed by atoms with Gasteiger partial charge in [-0.25, -0.2) is 9.59 Å². The molecule has 1 spiro atoms. The number of hydrogen-bond donors (Lipinski definition) is 4. The summed E-state index contributed by atoms with van der Waals surface area (Å²) in [6.07, 6.45) is -4.96. The third kappa shape index (κ3) is 1.58. The van der Waals surface area contributed by atoms with E-state index in [2.05, 4.69) is 0 Å². The number of carbonyl (C=O) groups excluding carboxylic acids is 2. The lowest BCUT2D eigenvalue weighted by Gasteiger charge is -2.62. The summed E-state index contributed by atoms with van der Waals surface area (Å²) in [5, 5.41) is 44.9. The Bertz CT molecular complexity index is 824. The van der Waals surface area contributed by atoms with Crippen LogP contribution in [0.3, 0.4) is 0 Å². The van der Waals surface area contributed by atoms with Crippen molar-refractivity contribution in [1.29, 1.82) is 0 Å². The number of ether oxygens (including phenoxy) is 3. The minimum Gasteiger partial charge on any atom is -0.454 e. The Morgan fingerprint density at radius 3 is 2.43 bits per heavy atom. The van der Waals surface area contributed by atoms with Crippen LogP contribution in [0.4, 0.5) is 0 Å². The van der Waals surface area contributed by atoms with Gasteiger partial charge in [-0.1, -0.05) is 6.92 Å². The van der Waals surface area contributed by atoms with E-state index in [-0.39, 0.29) is 13.0 Å². The van der Waals surface area contributed by atoms with Gasteiger partial charge < -0.3 is 34.6 Å². The Morgan fingerprint density at radius 1 is 1.14 bits per heavy atom. The molecule has 2 aliphatic carbocycles. The predicted octanol–water partition coefficient (Wildman–Crippen LogP) is -1.59. The van der Waals surface area contributed by atoms with Crippen molar-refractivity contribution in [1.82, 2.24) is 0 Å². The van der Waals surface area contributed by atoms with Crippen LogP contribution in [0.15, 0.2) is 11.6 Å². The molecule has 2 saturated heterocycles. The maximum atomic E-state index is 12.3. The average Bonchev–Trinajstić information content (AvgIpc) is 3.14. The highest BCUT2D eigenvalue weighted by molar-refractivity contribution is 5.86. The Hall–Kier alpha value is -1.52. The normalized spacial score (nSPS) is 59.6. The van der Waals surface area contributed by atoms with Crippen molar-refractivity contribution in [3.63, 3.8) is 0 Å². The maximum Gasteiger partial charge on any atom is 0.338 e. The van der Waals surface area contributed by atoms with Crippen molar-refractivity contribution >= 4 is 11.9 Å². The molecule has 3 heterocycles. The second-order valence-electron chi connectivity index (χ2n) is 9.36. The summed E-state index contributed by atoms with van der Waals surface area (Å²) < 4.78 is 16.7. The smallest absolute Gasteiger partial charge is 0.338 e. The molecule has 0 radical (unpaired) electrons. The first-order valence-electron chi connectivity index (χ1n) is 9.45. The highest BCUT2D eigenvalue weighted by Crippen LogP contribution is 2.73. The van der Waals surface area contributed by atoms with Crippen LogP contribution in [0, 0.1) is 16.7 Å². The number of aliphatic hydroxyl groups is 4. The van der Waals surface area contributed by atoms with Gasteiger partial charge in [0, 0.05) is 17.4 Å². The molecule has 0 aromatic rings. The van der Waals surface area contributed by atoms with E-state index in [1.807, 2.05) is 0 Å². The Kier molecular flexibility index (Phi) is 3.28. The minimum atomic E-state index is -2.17. The number of carbonyl (C=O) groups is 2. The zero-order chi connectivity index (χ0) is 20.4. The van der Waals surface area contributed by atoms with Crippen molar-refractivity contribution in [2.24, 2.45) is 16.7 Å². The summed E-state index contributed by atoms with van der Waals surface area (Å²) >= 11 is 0. The van der Waals surface area contributed by atoms with Crippen LogP contribution in [0.2, 0.25) is 0 Å². The second-order valence-corrected chi connectivity index (χ2v) is 9.36. The van der Waals surface area contributed by atoms with Gasteiger partial charge in [-0.2, -0.15) is 0 Å². The van der Waals surface area contributed by atoms with Crippen LogP contribution in [0.1, 0.15) is 27.2 Å². The first-order chi connectivity index (χ1) is 12.9. The van der Waals surface area contributed by atoms with Crippen LogP contribution < -0.4 is 0 Å². The fraction of sp³-hybridized carbons (Fsp3) is 0.789. The Labute approximate surface area is 160 Å². The van der Waals surface area contributed by atoms with Crippen molar-refractivity contribution in [3.8, 4) is 0 Å². The van der Waals surface area contributed by atoms with E-state index >= 15 is 0 Å². The zero-order valence-corrected chi connectivity index (χ0v) is 15.8. The molecule has 4 N–H and O–H groups in total. The summed E-state index contributed by atoms with van der Waals surface area (Å²) in [6.45, 7) is 4.80. The van der Waals surface area contributed by atoms with E-state index in [1.54, 1.807) is 13.8 Å².